The average molecular weight is 261 g/mol. The molecule has 0 heterocycles. The molecule has 19 heavy (non-hydrogen) atoms. The lowest BCUT2D eigenvalue weighted by Gasteiger charge is -2.19. The molecule has 2 rings (SSSR count). The van der Waals surface area contributed by atoms with Crippen molar-refractivity contribution in [3.8, 4) is 0 Å². The maximum Gasteiger partial charge on any atom is 0.176 e. The van der Waals surface area contributed by atoms with Gasteiger partial charge in [-0.25, -0.2) is 0 Å². The molecule has 1 saturated carbocycles. The number of hydrogen-bond acceptors (Lipinski definition) is 3. The summed E-state index contributed by atoms with van der Waals surface area (Å²) in [6.07, 6.45) is 4.50. The molecule has 0 aliphatic heterocycles. The van der Waals surface area contributed by atoms with E-state index in [0.29, 0.717) is 19.1 Å². The van der Waals surface area contributed by atoms with Gasteiger partial charge in [0.25, 0.3) is 0 Å². The van der Waals surface area contributed by atoms with Gasteiger partial charge in [0.1, 0.15) is 0 Å². The Kier molecular flexibility index (Phi) is 5.11. The molecule has 1 fully saturated rings. The third-order valence-electron chi connectivity index (χ3n) is 3.61. The zero-order chi connectivity index (χ0) is 13.7. The minimum Gasteiger partial charge on any atom is -0.395 e. The number of Topliss-reactive ketones (excluding diaryl/α,β-unsaturated/α-hetero) is 1. The summed E-state index contributed by atoms with van der Waals surface area (Å²) in [5.41, 5.74) is 2.07. The highest BCUT2D eigenvalue weighted by Crippen LogP contribution is 2.26. The fourth-order valence-corrected chi connectivity index (χ4v) is 2.38. The first-order chi connectivity index (χ1) is 9.24. The predicted octanol–water partition coefficient (Wildman–Crippen LogP) is 2.28. The Morgan fingerprint density at radius 3 is 2.53 bits per heavy atom. The van der Waals surface area contributed by atoms with E-state index in [1.54, 1.807) is 0 Å². The van der Waals surface area contributed by atoms with Crippen LogP contribution in [0, 0.1) is 0 Å². The second-order valence-electron chi connectivity index (χ2n) is 5.30. The Morgan fingerprint density at radius 2 is 2.00 bits per heavy atom. The zero-order valence-electron chi connectivity index (χ0n) is 11.6. The smallest absolute Gasteiger partial charge is 0.176 e. The lowest BCUT2D eigenvalue weighted by Crippen LogP contribution is -2.34. The Bertz CT molecular complexity index is 409. The van der Waals surface area contributed by atoms with Crippen LogP contribution in [0.25, 0.3) is 0 Å². The van der Waals surface area contributed by atoms with Crippen LogP contribution in [-0.2, 0) is 6.42 Å². The molecule has 104 valence electrons. The fourth-order valence-electron chi connectivity index (χ4n) is 2.38. The SMILES string of the molecule is CCCc1ccc(C(=O)CN(CCO)C2CC2)cc1. The molecular weight excluding hydrogens is 238 g/mol. The van der Waals surface area contributed by atoms with Gasteiger partial charge in [-0.1, -0.05) is 37.6 Å². The van der Waals surface area contributed by atoms with Crippen molar-refractivity contribution in [3.63, 3.8) is 0 Å². The third kappa shape index (κ3) is 4.15. The van der Waals surface area contributed by atoms with Gasteiger partial charge >= 0.3 is 0 Å². The molecule has 0 bridgehead atoms. The molecule has 0 radical (unpaired) electrons. The Morgan fingerprint density at radius 1 is 1.32 bits per heavy atom. The molecule has 0 spiro atoms. The lowest BCUT2D eigenvalue weighted by atomic mass is 10.1. The topological polar surface area (TPSA) is 40.5 Å². The van der Waals surface area contributed by atoms with Crippen LogP contribution in [-0.4, -0.2) is 41.5 Å². The molecule has 0 aromatic heterocycles. The lowest BCUT2D eigenvalue weighted by molar-refractivity contribution is 0.0907. The molecular formula is C16H23NO2. The van der Waals surface area contributed by atoms with Crippen molar-refractivity contribution in [1.29, 1.82) is 0 Å². The van der Waals surface area contributed by atoms with Crippen molar-refractivity contribution in [2.24, 2.45) is 0 Å². The van der Waals surface area contributed by atoms with Gasteiger partial charge in [0, 0.05) is 18.2 Å². The highest BCUT2D eigenvalue weighted by atomic mass is 16.3. The van der Waals surface area contributed by atoms with Crippen molar-refractivity contribution in [3.05, 3.63) is 35.4 Å². The number of aliphatic hydroxyl groups excluding tert-OH is 1. The van der Waals surface area contributed by atoms with Gasteiger partial charge in [0.05, 0.1) is 13.2 Å². The van der Waals surface area contributed by atoms with Crippen LogP contribution in [0.3, 0.4) is 0 Å². The number of carbonyl (C=O) groups excluding carboxylic acids is 1. The Hall–Kier alpha value is -1.19. The molecule has 0 unspecified atom stereocenters. The van der Waals surface area contributed by atoms with E-state index in [1.807, 2.05) is 24.3 Å². The van der Waals surface area contributed by atoms with Gasteiger partial charge in [0.2, 0.25) is 0 Å². The summed E-state index contributed by atoms with van der Waals surface area (Å²) in [5.74, 6) is 0.156. The molecule has 1 aliphatic rings. The van der Waals surface area contributed by atoms with E-state index in [4.69, 9.17) is 5.11 Å². The molecule has 0 amide bonds. The molecule has 1 aromatic rings. The van der Waals surface area contributed by atoms with Crippen LogP contribution in [0.1, 0.15) is 42.1 Å². The fraction of sp³-hybridized carbons (Fsp3) is 0.562. The summed E-state index contributed by atoms with van der Waals surface area (Å²) >= 11 is 0. The number of benzene rings is 1. The van der Waals surface area contributed by atoms with E-state index >= 15 is 0 Å². The summed E-state index contributed by atoms with van der Waals surface area (Å²) in [4.78, 5) is 14.3. The highest BCUT2D eigenvalue weighted by Gasteiger charge is 2.29. The van der Waals surface area contributed by atoms with Gasteiger partial charge in [-0.3, -0.25) is 9.69 Å². The second kappa shape index (κ2) is 6.83. The van der Waals surface area contributed by atoms with Gasteiger partial charge in [-0.05, 0) is 24.8 Å². The largest absolute Gasteiger partial charge is 0.395 e. The maximum atomic E-state index is 12.2. The third-order valence-corrected chi connectivity index (χ3v) is 3.61. The van der Waals surface area contributed by atoms with E-state index in [9.17, 15) is 4.79 Å². The van der Waals surface area contributed by atoms with Crippen LogP contribution in [0.15, 0.2) is 24.3 Å². The molecule has 3 heteroatoms. The minimum absolute atomic E-state index is 0.124. The number of aryl methyl sites for hydroxylation is 1. The maximum absolute atomic E-state index is 12.2. The van der Waals surface area contributed by atoms with Crippen LogP contribution in [0.4, 0.5) is 0 Å². The normalized spacial score (nSPS) is 14.9. The van der Waals surface area contributed by atoms with E-state index in [2.05, 4.69) is 11.8 Å². The van der Waals surface area contributed by atoms with Crippen molar-refractivity contribution < 1.29 is 9.90 Å². The number of carbonyl (C=O) groups is 1. The number of nitrogens with zero attached hydrogens (tertiary/aromatic N) is 1. The first kappa shape index (κ1) is 14.2. The average Bonchev–Trinajstić information content (AvgIpc) is 3.24. The highest BCUT2D eigenvalue weighted by molar-refractivity contribution is 5.97. The first-order valence-electron chi connectivity index (χ1n) is 7.21. The summed E-state index contributed by atoms with van der Waals surface area (Å²) in [7, 11) is 0. The predicted molar refractivity (Wildman–Crippen MR) is 76.4 cm³/mol. The summed E-state index contributed by atoms with van der Waals surface area (Å²) in [5, 5.41) is 9.04. The first-order valence-corrected chi connectivity index (χ1v) is 7.21. The molecule has 0 atom stereocenters. The standard InChI is InChI=1S/C16H23NO2/c1-2-3-13-4-6-14(7-5-13)16(19)12-17(10-11-18)15-8-9-15/h4-7,15,18H,2-3,8-12H2,1H3. The number of aliphatic hydroxyl groups is 1. The van der Waals surface area contributed by atoms with E-state index in [1.165, 1.54) is 5.56 Å². The van der Waals surface area contributed by atoms with Gasteiger partial charge in [0.15, 0.2) is 5.78 Å². The van der Waals surface area contributed by atoms with Crippen LogP contribution in [0.5, 0.6) is 0 Å². The van der Waals surface area contributed by atoms with Gasteiger partial charge < -0.3 is 5.11 Å². The molecule has 1 aliphatic carbocycles. The van der Waals surface area contributed by atoms with Crippen LogP contribution >= 0.6 is 0 Å². The van der Waals surface area contributed by atoms with Crippen LogP contribution in [0.2, 0.25) is 0 Å². The number of ketones is 1. The Labute approximate surface area is 115 Å². The molecule has 3 nitrogen and oxygen atoms in total. The van der Waals surface area contributed by atoms with Crippen molar-refractivity contribution in [2.75, 3.05) is 19.7 Å². The number of hydrogen-bond donors (Lipinski definition) is 1. The van der Waals surface area contributed by atoms with Crippen molar-refractivity contribution >= 4 is 5.78 Å². The number of rotatable bonds is 8. The van der Waals surface area contributed by atoms with E-state index in [-0.39, 0.29) is 12.4 Å². The Balaban J connectivity index is 1.94. The molecule has 0 saturated heterocycles. The quantitative estimate of drug-likeness (QED) is 0.730. The summed E-state index contributed by atoms with van der Waals surface area (Å²) in [6, 6.07) is 8.46. The van der Waals surface area contributed by atoms with Crippen LogP contribution < -0.4 is 0 Å². The minimum atomic E-state index is 0.124. The molecule has 1 N–H and O–H groups in total. The summed E-state index contributed by atoms with van der Waals surface area (Å²) in [6.45, 7) is 3.31. The van der Waals surface area contributed by atoms with E-state index < -0.39 is 0 Å². The van der Waals surface area contributed by atoms with E-state index in [0.717, 1.165) is 31.2 Å². The van der Waals surface area contributed by atoms with Gasteiger partial charge in [-0.15, -0.1) is 0 Å². The van der Waals surface area contributed by atoms with Gasteiger partial charge in [-0.2, -0.15) is 0 Å². The monoisotopic (exact) mass is 261 g/mol. The summed E-state index contributed by atoms with van der Waals surface area (Å²) < 4.78 is 0. The zero-order valence-corrected chi connectivity index (χ0v) is 11.6. The van der Waals surface area contributed by atoms with Crippen molar-refractivity contribution in [2.45, 2.75) is 38.6 Å². The van der Waals surface area contributed by atoms with Crippen molar-refractivity contribution in [1.82, 2.24) is 4.90 Å². The molecule has 1 aromatic carbocycles. The second-order valence-corrected chi connectivity index (χ2v) is 5.30.